The maximum atomic E-state index is 12.3. The number of carbonyl (C=O) groups excluding carboxylic acids is 1. The van der Waals surface area contributed by atoms with Crippen molar-refractivity contribution < 1.29 is 4.79 Å². The average Bonchev–Trinajstić information content (AvgIpc) is 2.78. The first kappa shape index (κ1) is 18.7. The molecule has 4 rings (SSSR count). The van der Waals surface area contributed by atoms with Crippen molar-refractivity contribution >= 4 is 34.1 Å². The summed E-state index contributed by atoms with van der Waals surface area (Å²) >= 11 is 1.35. The summed E-state index contributed by atoms with van der Waals surface area (Å²) in [6, 6.07) is 26.7. The zero-order valence-corrected chi connectivity index (χ0v) is 16.2. The van der Waals surface area contributed by atoms with Crippen molar-refractivity contribution in [1.29, 1.82) is 5.26 Å². The third kappa shape index (κ3) is 4.26. The maximum Gasteiger partial charge on any atom is 0.234 e. The van der Waals surface area contributed by atoms with Gasteiger partial charge in [-0.1, -0.05) is 66.4 Å². The number of nitrogens with zero attached hydrogens (tertiary/aromatic N) is 3. The van der Waals surface area contributed by atoms with E-state index in [4.69, 9.17) is 5.26 Å². The van der Waals surface area contributed by atoms with Crippen LogP contribution >= 0.6 is 11.8 Å². The second-order valence-electron chi connectivity index (χ2n) is 6.29. The Labute approximate surface area is 172 Å². The van der Waals surface area contributed by atoms with Crippen LogP contribution in [0.2, 0.25) is 0 Å². The topological polar surface area (TPSA) is 78.7 Å². The minimum atomic E-state index is -0.141. The van der Waals surface area contributed by atoms with E-state index >= 15 is 0 Å². The van der Waals surface area contributed by atoms with Crippen molar-refractivity contribution in [1.82, 2.24) is 10.2 Å². The molecular weight excluding hydrogens is 380 g/mol. The molecule has 0 unspecified atom stereocenters. The first-order valence-corrected chi connectivity index (χ1v) is 9.97. The van der Waals surface area contributed by atoms with E-state index in [2.05, 4.69) is 21.6 Å². The monoisotopic (exact) mass is 396 g/mol. The minimum Gasteiger partial charge on any atom is -0.325 e. The lowest BCUT2D eigenvalue weighted by Gasteiger charge is -2.09. The van der Waals surface area contributed by atoms with Crippen LogP contribution in [0.25, 0.3) is 22.0 Å². The van der Waals surface area contributed by atoms with Crippen LogP contribution in [0.3, 0.4) is 0 Å². The van der Waals surface area contributed by atoms with E-state index in [0.717, 1.165) is 27.1 Å². The molecule has 0 spiro atoms. The van der Waals surface area contributed by atoms with Gasteiger partial charge in [-0.15, -0.1) is 10.2 Å². The summed E-state index contributed by atoms with van der Waals surface area (Å²) < 4.78 is 0. The van der Waals surface area contributed by atoms with Gasteiger partial charge in [0.05, 0.1) is 17.4 Å². The highest BCUT2D eigenvalue weighted by Crippen LogP contribution is 2.31. The fourth-order valence-corrected chi connectivity index (χ4v) is 3.73. The number of hydrogen-bond donors (Lipinski definition) is 1. The molecule has 4 aromatic rings. The summed E-state index contributed by atoms with van der Waals surface area (Å²) in [5.74, 6) is 0.0707. The Morgan fingerprint density at radius 2 is 1.59 bits per heavy atom. The van der Waals surface area contributed by atoms with Crippen LogP contribution in [0, 0.1) is 11.3 Å². The molecule has 0 bridgehead atoms. The number of fused-ring (bicyclic) bond motifs is 1. The molecule has 0 aliphatic rings. The van der Waals surface area contributed by atoms with Gasteiger partial charge in [-0.25, -0.2) is 0 Å². The molecule has 29 heavy (non-hydrogen) atoms. The van der Waals surface area contributed by atoms with Crippen molar-refractivity contribution in [2.24, 2.45) is 0 Å². The van der Waals surface area contributed by atoms with Crippen LogP contribution in [-0.2, 0) is 4.79 Å². The van der Waals surface area contributed by atoms with E-state index in [9.17, 15) is 4.79 Å². The Morgan fingerprint density at radius 3 is 2.31 bits per heavy atom. The molecular formula is C23H16N4OS. The summed E-state index contributed by atoms with van der Waals surface area (Å²) in [5.41, 5.74) is 3.04. The smallest absolute Gasteiger partial charge is 0.234 e. The van der Waals surface area contributed by atoms with E-state index in [1.807, 2.05) is 54.6 Å². The van der Waals surface area contributed by atoms with Gasteiger partial charge in [0.1, 0.15) is 10.7 Å². The van der Waals surface area contributed by atoms with E-state index < -0.39 is 0 Å². The van der Waals surface area contributed by atoms with Crippen molar-refractivity contribution in [2.45, 2.75) is 5.03 Å². The van der Waals surface area contributed by atoms with Crippen molar-refractivity contribution in [2.75, 3.05) is 11.1 Å². The number of nitriles is 1. The summed E-state index contributed by atoms with van der Waals surface area (Å²) in [5, 5.41) is 23.2. The summed E-state index contributed by atoms with van der Waals surface area (Å²) in [6.45, 7) is 0. The molecule has 3 aromatic carbocycles. The number of anilines is 1. The summed E-state index contributed by atoms with van der Waals surface area (Å²) in [7, 11) is 0. The minimum absolute atomic E-state index is 0.141. The lowest BCUT2D eigenvalue weighted by Crippen LogP contribution is -2.14. The molecule has 0 radical (unpaired) electrons. The van der Waals surface area contributed by atoms with Crippen LogP contribution in [0.5, 0.6) is 0 Å². The first-order valence-electron chi connectivity index (χ1n) is 8.98. The summed E-state index contributed by atoms with van der Waals surface area (Å²) in [4.78, 5) is 12.3. The fraction of sp³-hybridized carbons (Fsp3) is 0.0435. The van der Waals surface area contributed by atoms with Gasteiger partial charge >= 0.3 is 0 Å². The predicted octanol–water partition coefficient (Wildman–Crippen LogP) is 4.90. The van der Waals surface area contributed by atoms with Gasteiger partial charge < -0.3 is 5.32 Å². The molecule has 0 aliphatic heterocycles. The number of amides is 1. The SMILES string of the molecule is N#Cc1ccc(NC(=O)CSc2nnc(-c3ccccc3)c3ccccc23)cc1. The van der Waals surface area contributed by atoms with Crippen molar-refractivity contribution in [3.8, 4) is 17.3 Å². The van der Waals surface area contributed by atoms with Crippen LogP contribution in [0.1, 0.15) is 5.56 Å². The van der Waals surface area contributed by atoms with E-state index in [0.29, 0.717) is 11.3 Å². The second kappa shape index (κ2) is 8.55. The van der Waals surface area contributed by atoms with Crippen LogP contribution in [0.15, 0.2) is 83.9 Å². The lowest BCUT2D eigenvalue weighted by molar-refractivity contribution is -0.113. The molecule has 0 saturated heterocycles. The molecule has 1 aromatic heterocycles. The Morgan fingerprint density at radius 1 is 0.897 bits per heavy atom. The van der Waals surface area contributed by atoms with Gasteiger partial charge in [-0.2, -0.15) is 5.26 Å². The van der Waals surface area contributed by atoms with E-state index in [1.54, 1.807) is 24.3 Å². The first-order chi connectivity index (χ1) is 14.2. The van der Waals surface area contributed by atoms with Gasteiger partial charge in [0.25, 0.3) is 0 Å². The lowest BCUT2D eigenvalue weighted by atomic mass is 10.1. The van der Waals surface area contributed by atoms with E-state index in [1.165, 1.54) is 11.8 Å². The molecule has 1 amide bonds. The third-order valence-electron chi connectivity index (χ3n) is 4.34. The van der Waals surface area contributed by atoms with Crippen molar-refractivity contribution in [3.63, 3.8) is 0 Å². The quantitative estimate of drug-likeness (QED) is 0.486. The number of aromatic nitrogens is 2. The van der Waals surface area contributed by atoms with Gasteiger partial charge in [-0.3, -0.25) is 4.79 Å². The number of nitrogens with one attached hydrogen (secondary N) is 1. The number of thioether (sulfide) groups is 1. The summed E-state index contributed by atoms with van der Waals surface area (Å²) in [6.07, 6.45) is 0. The zero-order chi connectivity index (χ0) is 20.1. The van der Waals surface area contributed by atoms with Crippen molar-refractivity contribution in [3.05, 3.63) is 84.4 Å². The molecule has 6 heteroatoms. The Hall–Kier alpha value is -3.69. The van der Waals surface area contributed by atoms with Gasteiger partial charge in [-0.05, 0) is 24.3 Å². The normalized spacial score (nSPS) is 10.4. The largest absolute Gasteiger partial charge is 0.325 e. The molecule has 0 saturated carbocycles. The number of hydrogen-bond acceptors (Lipinski definition) is 5. The highest BCUT2D eigenvalue weighted by atomic mass is 32.2. The molecule has 0 aliphatic carbocycles. The molecule has 0 atom stereocenters. The van der Waals surface area contributed by atoms with Gasteiger partial charge in [0, 0.05) is 22.0 Å². The highest BCUT2D eigenvalue weighted by Gasteiger charge is 2.12. The standard InChI is InChI=1S/C23H16N4OS/c24-14-16-10-12-18(13-11-16)25-21(28)15-29-23-20-9-5-4-8-19(20)22(26-27-23)17-6-2-1-3-7-17/h1-13H,15H2,(H,25,28). The number of rotatable bonds is 5. The Bertz CT molecular complexity index is 1200. The van der Waals surface area contributed by atoms with Gasteiger partial charge in [0.2, 0.25) is 5.91 Å². The van der Waals surface area contributed by atoms with E-state index in [-0.39, 0.29) is 11.7 Å². The Balaban J connectivity index is 1.52. The average molecular weight is 396 g/mol. The maximum absolute atomic E-state index is 12.3. The van der Waals surface area contributed by atoms with Crippen LogP contribution < -0.4 is 5.32 Å². The number of carbonyl (C=O) groups is 1. The predicted molar refractivity (Wildman–Crippen MR) is 115 cm³/mol. The highest BCUT2D eigenvalue weighted by molar-refractivity contribution is 8.00. The fourth-order valence-electron chi connectivity index (χ4n) is 2.95. The zero-order valence-electron chi connectivity index (χ0n) is 15.4. The molecule has 140 valence electrons. The molecule has 0 fully saturated rings. The third-order valence-corrected chi connectivity index (χ3v) is 5.32. The van der Waals surface area contributed by atoms with Crippen LogP contribution in [-0.4, -0.2) is 21.9 Å². The Kier molecular flexibility index (Phi) is 5.50. The molecule has 5 nitrogen and oxygen atoms in total. The second-order valence-corrected chi connectivity index (χ2v) is 7.26. The van der Waals surface area contributed by atoms with Crippen LogP contribution in [0.4, 0.5) is 5.69 Å². The number of benzene rings is 3. The van der Waals surface area contributed by atoms with Gasteiger partial charge in [0.15, 0.2) is 0 Å². The molecule has 1 heterocycles. The molecule has 1 N–H and O–H groups in total.